The van der Waals surface area contributed by atoms with Gasteiger partial charge in [-0.1, -0.05) is 0 Å². The van der Waals surface area contributed by atoms with Gasteiger partial charge in [-0.25, -0.2) is 9.97 Å². The number of nitrogens with zero attached hydrogens (tertiary/aromatic N) is 2. The van der Waals surface area contributed by atoms with Gasteiger partial charge in [-0.15, -0.1) is 0 Å². The number of fused-ring (bicyclic) bond motifs is 1. The van der Waals surface area contributed by atoms with Crippen LogP contribution in [0.5, 0.6) is 11.5 Å². The Hall–Kier alpha value is -1.82. The van der Waals surface area contributed by atoms with Gasteiger partial charge in [0.25, 0.3) is 0 Å². The number of rotatable bonds is 1. The van der Waals surface area contributed by atoms with Crippen LogP contribution in [0, 0.1) is 0 Å². The Morgan fingerprint density at radius 1 is 1.22 bits per heavy atom. The summed E-state index contributed by atoms with van der Waals surface area (Å²) in [7, 11) is 0. The minimum absolute atomic E-state index is 0.436. The molecule has 0 bridgehead atoms. The third-order valence-electron chi connectivity index (χ3n) is 2.53. The number of hydrogen-bond acceptors (Lipinski definition) is 5. The molecule has 1 aliphatic rings. The molecule has 3 rings (SSSR count). The van der Waals surface area contributed by atoms with Crippen LogP contribution in [-0.4, -0.2) is 23.2 Å². The van der Waals surface area contributed by atoms with Gasteiger partial charge in [0.2, 0.25) is 0 Å². The van der Waals surface area contributed by atoms with Crippen LogP contribution < -0.4 is 15.2 Å². The summed E-state index contributed by atoms with van der Waals surface area (Å²) in [6, 6.07) is 5.40. The summed E-state index contributed by atoms with van der Waals surface area (Å²) in [6.07, 6.45) is 1.63. The van der Waals surface area contributed by atoms with Crippen molar-refractivity contribution in [3.8, 4) is 22.9 Å². The standard InChI is InChI=1S/C12H10BrN3O2/c13-8-5-7(12-15-2-1-10(14)16-12)6-9-11(8)18-4-3-17-9/h1-2,5-6H,3-4H2,(H2,14,15,16). The van der Waals surface area contributed by atoms with Crippen molar-refractivity contribution in [2.75, 3.05) is 18.9 Å². The number of ether oxygens (including phenoxy) is 2. The first kappa shape index (κ1) is 11.3. The molecule has 0 fully saturated rings. The Labute approximate surface area is 112 Å². The lowest BCUT2D eigenvalue weighted by Gasteiger charge is -2.20. The molecular formula is C12H10BrN3O2. The van der Waals surface area contributed by atoms with Gasteiger partial charge in [0, 0.05) is 11.8 Å². The van der Waals surface area contributed by atoms with Crippen molar-refractivity contribution in [3.63, 3.8) is 0 Å². The highest BCUT2D eigenvalue weighted by Crippen LogP contribution is 2.40. The van der Waals surface area contributed by atoms with E-state index >= 15 is 0 Å². The minimum Gasteiger partial charge on any atom is -0.486 e. The third kappa shape index (κ3) is 1.99. The summed E-state index contributed by atoms with van der Waals surface area (Å²) in [4.78, 5) is 8.37. The van der Waals surface area contributed by atoms with Crippen LogP contribution in [0.2, 0.25) is 0 Å². The van der Waals surface area contributed by atoms with Crippen molar-refractivity contribution in [1.82, 2.24) is 9.97 Å². The largest absolute Gasteiger partial charge is 0.486 e. The second-order valence-corrected chi connectivity index (χ2v) is 4.64. The minimum atomic E-state index is 0.436. The number of benzene rings is 1. The predicted octanol–water partition coefficient (Wildman–Crippen LogP) is 2.26. The van der Waals surface area contributed by atoms with Crippen LogP contribution in [0.4, 0.5) is 5.82 Å². The fourth-order valence-electron chi connectivity index (χ4n) is 1.75. The van der Waals surface area contributed by atoms with E-state index in [1.165, 1.54) is 0 Å². The molecule has 2 aromatic rings. The fourth-order valence-corrected chi connectivity index (χ4v) is 2.31. The topological polar surface area (TPSA) is 70.3 Å². The summed E-state index contributed by atoms with van der Waals surface area (Å²) >= 11 is 3.46. The lowest BCUT2D eigenvalue weighted by atomic mass is 10.2. The van der Waals surface area contributed by atoms with E-state index in [0.717, 1.165) is 10.0 Å². The zero-order chi connectivity index (χ0) is 12.5. The second kappa shape index (κ2) is 4.45. The summed E-state index contributed by atoms with van der Waals surface area (Å²) < 4.78 is 11.9. The van der Waals surface area contributed by atoms with Crippen LogP contribution >= 0.6 is 15.9 Å². The first-order valence-corrected chi connectivity index (χ1v) is 6.21. The molecule has 6 heteroatoms. The smallest absolute Gasteiger partial charge is 0.175 e. The van der Waals surface area contributed by atoms with Crippen LogP contribution in [0.3, 0.4) is 0 Å². The number of anilines is 1. The lowest BCUT2D eigenvalue weighted by Crippen LogP contribution is -2.15. The van der Waals surface area contributed by atoms with E-state index in [-0.39, 0.29) is 0 Å². The molecule has 0 saturated carbocycles. The van der Waals surface area contributed by atoms with Gasteiger partial charge in [-0.2, -0.15) is 0 Å². The maximum Gasteiger partial charge on any atom is 0.175 e. The normalized spacial score (nSPS) is 13.4. The van der Waals surface area contributed by atoms with Gasteiger partial charge in [0.15, 0.2) is 17.3 Å². The number of nitrogen functional groups attached to an aromatic ring is 1. The van der Waals surface area contributed by atoms with Crippen molar-refractivity contribution in [1.29, 1.82) is 0 Å². The summed E-state index contributed by atoms with van der Waals surface area (Å²) in [5.74, 6) is 2.41. The maximum atomic E-state index is 5.65. The van der Waals surface area contributed by atoms with Crippen molar-refractivity contribution in [2.45, 2.75) is 0 Å². The monoisotopic (exact) mass is 307 g/mol. The first-order chi connectivity index (χ1) is 8.74. The molecule has 0 amide bonds. The van der Waals surface area contributed by atoms with E-state index < -0.39 is 0 Å². The zero-order valence-electron chi connectivity index (χ0n) is 9.39. The van der Waals surface area contributed by atoms with Gasteiger partial charge in [-0.3, -0.25) is 0 Å². The molecule has 18 heavy (non-hydrogen) atoms. The Bertz CT molecular complexity index is 604. The van der Waals surface area contributed by atoms with Gasteiger partial charge < -0.3 is 15.2 Å². The highest BCUT2D eigenvalue weighted by atomic mass is 79.9. The molecule has 0 saturated heterocycles. The Kier molecular flexibility index (Phi) is 2.79. The van der Waals surface area contributed by atoms with E-state index in [9.17, 15) is 0 Å². The second-order valence-electron chi connectivity index (χ2n) is 3.79. The van der Waals surface area contributed by atoms with E-state index in [4.69, 9.17) is 15.2 Å². The zero-order valence-corrected chi connectivity index (χ0v) is 11.0. The molecule has 2 heterocycles. The molecule has 1 aliphatic heterocycles. The molecule has 0 spiro atoms. The first-order valence-electron chi connectivity index (χ1n) is 5.42. The summed E-state index contributed by atoms with van der Waals surface area (Å²) in [5, 5.41) is 0. The molecule has 5 nitrogen and oxygen atoms in total. The molecule has 92 valence electrons. The molecule has 1 aromatic carbocycles. The molecule has 0 radical (unpaired) electrons. The highest BCUT2D eigenvalue weighted by Gasteiger charge is 2.17. The number of halogens is 1. The van der Waals surface area contributed by atoms with E-state index in [0.29, 0.717) is 36.4 Å². The highest BCUT2D eigenvalue weighted by molar-refractivity contribution is 9.10. The number of hydrogen-bond donors (Lipinski definition) is 1. The summed E-state index contributed by atoms with van der Waals surface area (Å²) in [5.41, 5.74) is 6.48. The fraction of sp³-hybridized carbons (Fsp3) is 0.167. The van der Waals surface area contributed by atoms with Gasteiger partial charge in [0.05, 0.1) is 4.47 Å². The van der Waals surface area contributed by atoms with Crippen LogP contribution in [0.25, 0.3) is 11.4 Å². The Morgan fingerprint density at radius 2 is 2.06 bits per heavy atom. The molecule has 1 aromatic heterocycles. The van der Waals surface area contributed by atoms with E-state index in [1.54, 1.807) is 12.3 Å². The van der Waals surface area contributed by atoms with Crippen LogP contribution in [-0.2, 0) is 0 Å². The lowest BCUT2D eigenvalue weighted by molar-refractivity contribution is 0.170. The van der Waals surface area contributed by atoms with Crippen molar-refractivity contribution >= 4 is 21.7 Å². The molecule has 0 unspecified atom stereocenters. The number of nitrogens with two attached hydrogens (primary N) is 1. The molecule has 0 aliphatic carbocycles. The van der Waals surface area contributed by atoms with Crippen LogP contribution in [0.1, 0.15) is 0 Å². The average molecular weight is 308 g/mol. The average Bonchev–Trinajstić information content (AvgIpc) is 2.39. The van der Waals surface area contributed by atoms with Gasteiger partial charge in [-0.05, 0) is 34.1 Å². The summed E-state index contributed by atoms with van der Waals surface area (Å²) in [6.45, 7) is 1.10. The van der Waals surface area contributed by atoms with E-state index in [1.807, 2.05) is 12.1 Å². The van der Waals surface area contributed by atoms with Crippen molar-refractivity contribution < 1.29 is 9.47 Å². The SMILES string of the molecule is Nc1ccnc(-c2cc(Br)c3c(c2)OCCO3)n1. The molecule has 2 N–H and O–H groups in total. The van der Waals surface area contributed by atoms with E-state index in [2.05, 4.69) is 25.9 Å². The molecular weight excluding hydrogens is 298 g/mol. The van der Waals surface area contributed by atoms with Gasteiger partial charge >= 0.3 is 0 Å². The maximum absolute atomic E-state index is 5.65. The Balaban J connectivity index is 2.11. The molecule has 0 atom stereocenters. The van der Waals surface area contributed by atoms with Crippen LogP contribution in [0.15, 0.2) is 28.9 Å². The predicted molar refractivity (Wildman–Crippen MR) is 70.6 cm³/mol. The van der Waals surface area contributed by atoms with Crippen molar-refractivity contribution in [3.05, 3.63) is 28.9 Å². The Morgan fingerprint density at radius 3 is 2.89 bits per heavy atom. The quantitative estimate of drug-likeness (QED) is 0.875. The third-order valence-corrected chi connectivity index (χ3v) is 3.12. The van der Waals surface area contributed by atoms with Crippen molar-refractivity contribution in [2.24, 2.45) is 0 Å². The number of aromatic nitrogens is 2. The van der Waals surface area contributed by atoms with Gasteiger partial charge in [0.1, 0.15) is 19.0 Å².